The zero-order valence-corrected chi connectivity index (χ0v) is 18.5. The van der Waals surface area contributed by atoms with Crippen LogP contribution < -0.4 is 5.73 Å². The van der Waals surface area contributed by atoms with Crippen molar-refractivity contribution < 1.29 is 5.11 Å². The average molecular weight is 444 g/mol. The van der Waals surface area contributed by atoms with Crippen molar-refractivity contribution in [3.8, 4) is 11.5 Å². The van der Waals surface area contributed by atoms with Gasteiger partial charge in [-0.3, -0.25) is 9.80 Å². The highest BCUT2D eigenvalue weighted by molar-refractivity contribution is 5.64. The monoisotopic (exact) mass is 443 g/mol. The van der Waals surface area contributed by atoms with Gasteiger partial charge >= 0.3 is 0 Å². The number of aliphatic hydroxyl groups excluding tert-OH is 1. The summed E-state index contributed by atoms with van der Waals surface area (Å²) >= 11 is 0. The lowest BCUT2D eigenvalue weighted by Gasteiger charge is -2.40. The predicted octanol–water partition coefficient (Wildman–Crippen LogP) is 2.13. The van der Waals surface area contributed by atoms with Crippen molar-refractivity contribution in [2.45, 2.75) is 18.7 Å². The van der Waals surface area contributed by atoms with E-state index in [0.717, 1.165) is 26.2 Å². The van der Waals surface area contributed by atoms with Gasteiger partial charge in [0.2, 0.25) is 0 Å². The van der Waals surface area contributed by atoms with E-state index in [0.29, 0.717) is 30.4 Å². The molecule has 0 amide bonds. The van der Waals surface area contributed by atoms with Crippen LogP contribution >= 0.6 is 0 Å². The summed E-state index contributed by atoms with van der Waals surface area (Å²) in [4.78, 5) is 17.5. The second-order valence-electron chi connectivity index (χ2n) is 8.54. The molecule has 1 saturated heterocycles. The van der Waals surface area contributed by atoms with Crippen LogP contribution in [-0.2, 0) is 6.54 Å². The number of hydrogen-bond acceptors (Lipinski definition) is 7. The normalized spacial score (nSPS) is 16.4. The van der Waals surface area contributed by atoms with Gasteiger partial charge < -0.3 is 15.4 Å². The number of benzene rings is 2. The van der Waals surface area contributed by atoms with Crippen LogP contribution in [0.4, 0.5) is 5.82 Å². The topological polar surface area (TPSA) is 96.3 Å². The number of nitrogens with zero attached hydrogens (tertiary/aromatic N) is 6. The minimum Gasteiger partial charge on any atom is -0.390 e. The Bertz CT molecular complexity index is 1090. The highest BCUT2D eigenvalue weighted by atomic mass is 16.3. The van der Waals surface area contributed by atoms with E-state index in [1.807, 2.05) is 4.57 Å². The molecule has 0 radical (unpaired) electrons. The standard InChI is InChI=1S/C25H29N7O/c26-24-22-25(28-17-27-22)32(18-29-24)16-21(33)15-30-11-13-31(14-12-30)23(19-7-3-1-4-8-19)20-9-5-2-6-10-20/h1-10,17-18,21,23,33H,11-16,26H2/t21-/m1/s1. The van der Waals surface area contributed by atoms with E-state index in [2.05, 4.69) is 85.4 Å². The van der Waals surface area contributed by atoms with Crippen molar-refractivity contribution in [1.82, 2.24) is 29.3 Å². The number of rotatable bonds is 7. The van der Waals surface area contributed by atoms with Gasteiger partial charge in [0.1, 0.15) is 12.0 Å². The highest BCUT2D eigenvalue weighted by Crippen LogP contribution is 2.29. The number of imidazole rings is 1. The van der Waals surface area contributed by atoms with E-state index >= 15 is 0 Å². The second-order valence-corrected chi connectivity index (χ2v) is 8.54. The van der Waals surface area contributed by atoms with Crippen LogP contribution in [0.3, 0.4) is 0 Å². The molecular formula is C25H29N7O. The maximum Gasteiger partial charge on any atom is 0.165 e. The predicted molar refractivity (Wildman–Crippen MR) is 128 cm³/mol. The Morgan fingerprint density at radius 3 is 2.09 bits per heavy atom. The van der Waals surface area contributed by atoms with Gasteiger partial charge in [0, 0.05) is 32.7 Å². The number of hydrogen-bond donors (Lipinski definition) is 2. The van der Waals surface area contributed by atoms with Crippen LogP contribution in [0, 0.1) is 0 Å². The van der Waals surface area contributed by atoms with Crippen molar-refractivity contribution in [2.75, 3.05) is 38.5 Å². The van der Waals surface area contributed by atoms with E-state index in [4.69, 9.17) is 5.73 Å². The molecule has 1 atom stereocenters. The first-order valence-corrected chi connectivity index (χ1v) is 11.3. The lowest BCUT2D eigenvalue weighted by molar-refractivity contribution is 0.0555. The Morgan fingerprint density at radius 2 is 1.45 bits per heavy atom. The van der Waals surface area contributed by atoms with Crippen LogP contribution in [-0.4, -0.2) is 73.3 Å². The number of anilines is 1. The van der Waals surface area contributed by atoms with Gasteiger partial charge in [0.15, 0.2) is 11.6 Å². The van der Waals surface area contributed by atoms with Gasteiger partial charge in [-0.1, -0.05) is 60.7 Å². The molecule has 8 heteroatoms. The van der Waals surface area contributed by atoms with E-state index < -0.39 is 6.10 Å². The smallest absolute Gasteiger partial charge is 0.165 e. The van der Waals surface area contributed by atoms with Crippen molar-refractivity contribution >= 4 is 5.82 Å². The first-order chi connectivity index (χ1) is 16.2. The summed E-state index contributed by atoms with van der Waals surface area (Å²) in [6.45, 7) is 4.70. The molecule has 170 valence electrons. The molecule has 0 aromatic heterocycles. The highest BCUT2D eigenvalue weighted by Gasteiger charge is 2.27. The second kappa shape index (κ2) is 9.66. The van der Waals surface area contributed by atoms with E-state index in [1.54, 1.807) is 6.33 Å². The molecule has 1 fully saturated rings. The maximum absolute atomic E-state index is 10.8. The lowest BCUT2D eigenvalue weighted by Crippen LogP contribution is -2.50. The number of aliphatic hydroxyl groups is 1. The minimum absolute atomic E-state index is 0.236. The van der Waals surface area contributed by atoms with Crippen molar-refractivity contribution in [3.63, 3.8) is 0 Å². The van der Waals surface area contributed by atoms with Crippen LogP contribution in [0.2, 0.25) is 0 Å². The Balaban J connectivity index is 1.22. The number of nitrogen functional groups attached to an aromatic ring is 1. The maximum atomic E-state index is 10.8. The Hall–Kier alpha value is -3.33. The summed E-state index contributed by atoms with van der Waals surface area (Å²) < 4.78 is 1.82. The first-order valence-electron chi connectivity index (χ1n) is 11.3. The fraction of sp³-hybridized carbons (Fsp3) is 0.320. The zero-order valence-electron chi connectivity index (χ0n) is 18.5. The van der Waals surface area contributed by atoms with Gasteiger partial charge in [-0.15, -0.1) is 0 Å². The molecule has 0 spiro atoms. The molecule has 2 aromatic carbocycles. The van der Waals surface area contributed by atoms with Gasteiger partial charge in [-0.25, -0.2) is 15.0 Å². The number of nitrogens with two attached hydrogens (primary N) is 1. The van der Waals surface area contributed by atoms with Crippen LogP contribution in [0.5, 0.6) is 0 Å². The first kappa shape index (κ1) is 21.5. The fourth-order valence-corrected chi connectivity index (χ4v) is 4.70. The van der Waals surface area contributed by atoms with E-state index in [1.165, 1.54) is 17.5 Å². The molecule has 3 N–H and O–H groups in total. The molecule has 0 unspecified atom stereocenters. The summed E-state index contributed by atoms with van der Waals surface area (Å²) in [5.41, 5.74) is 9.06. The summed E-state index contributed by atoms with van der Waals surface area (Å²) in [6.07, 6.45) is 2.56. The van der Waals surface area contributed by atoms with E-state index in [9.17, 15) is 5.11 Å². The molecule has 0 bridgehead atoms. The van der Waals surface area contributed by atoms with Crippen LogP contribution in [0.15, 0.2) is 73.3 Å². The van der Waals surface area contributed by atoms with Gasteiger partial charge in [-0.2, -0.15) is 0 Å². The number of fused-ring (bicyclic) bond motifs is 1. The molecule has 0 saturated carbocycles. The Kier molecular flexibility index (Phi) is 6.30. The largest absolute Gasteiger partial charge is 0.390 e. The zero-order chi connectivity index (χ0) is 22.6. The van der Waals surface area contributed by atoms with Gasteiger partial charge in [-0.05, 0) is 11.1 Å². The van der Waals surface area contributed by atoms with Gasteiger partial charge in [0.05, 0.1) is 25.0 Å². The summed E-state index contributed by atoms with van der Waals surface area (Å²) in [5, 5.41) is 10.8. The number of aromatic nitrogens is 4. The number of β-amino-alcohol motifs (C(OH)–C–C–N with tert-alkyl or cyclic N) is 1. The lowest BCUT2D eigenvalue weighted by atomic mass is 9.96. The third kappa shape index (κ3) is 4.73. The van der Waals surface area contributed by atoms with Gasteiger partial charge in [0.25, 0.3) is 0 Å². The SMILES string of the molecule is Nc1ncn(C[C@H](O)CN2CCN(C(c3ccccc3)c3ccccc3)CC2)c2ncnc1-2. The molecule has 8 nitrogen and oxygen atoms in total. The molecular weight excluding hydrogens is 414 g/mol. The third-order valence-corrected chi connectivity index (χ3v) is 6.31. The molecule has 33 heavy (non-hydrogen) atoms. The molecule has 3 heterocycles. The Labute approximate surface area is 193 Å². The van der Waals surface area contributed by atoms with Crippen LogP contribution in [0.25, 0.3) is 11.5 Å². The number of piperazine rings is 1. The summed E-state index contributed by atoms with van der Waals surface area (Å²) in [6, 6.07) is 21.6. The molecule has 2 aromatic rings. The summed E-state index contributed by atoms with van der Waals surface area (Å²) in [5.74, 6) is 1.01. The quantitative estimate of drug-likeness (QED) is 0.452. The molecule has 0 aliphatic carbocycles. The third-order valence-electron chi connectivity index (χ3n) is 6.31. The Morgan fingerprint density at radius 1 is 0.818 bits per heavy atom. The minimum atomic E-state index is -0.536. The van der Waals surface area contributed by atoms with Crippen molar-refractivity contribution in [2.24, 2.45) is 0 Å². The molecule has 3 aliphatic rings. The van der Waals surface area contributed by atoms with Crippen molar-refractivity contribution in [1.29, 1.82) is 0 Å². The summed E-state index contributed by atoms with van der Waals surface area (Å²) in [7, 11) is 0. The van der Waals surface area contributed by atoms with E-state index in [-0.39, 0.29) is 6.04 Å². The van der Waals surface area contributed by atoms with Crippen LogP contribution in [0.1, 0.15) is 17.2 Å². The average Bonchev–Trinajstić information content (AvgIpc) is 3.35. The molecule has 5 rings (SSSR count). The molecule has 3 aliphatic heterocycles. The fourth-order valence-electron chi connectivity index (χ4n) is 4.70. The van der Waals surface area contributed by atoms with Crippen molar-refractivity contribution in [3.05, 3.63) is 84.4 Å².